The minimum Gasteiger partial charge on any atom is -0.347 e. The van der Waals surface area contributed by atoms with Crippen LogP contribution in [0, 0.1) is 6.92 Å². The SMILES string of the molecule is Cc1ccccc1CC1(CCN)OCCO1. The van der Waals surface area contributed by atoms with Crippen molar-refractivity contribution < 1.29 is 9.47 Å². The van der Waals surface area contributed by atoms with Gasteiger partial charge in [-0.25, -0.2) is 0 Å². The predicted molar refractivity (Wildman–Crippen MR) is 63.2 cm³/mol. The molecule has 1 aromatic rings. The first kappa shape index (κ1) is 11.6. The van der Waals surface area contributed by atoms with Gasteiger partial charge in [0.15, 0.2) is 5.79 Å². The average Bonchev–Trinajstić information content (AvgIpc) is 2.71. The van der Waals surface area contributed by atoms with Gasteiger partial charge in [0, 0.05) is 12.8 Å². The van der Waals surface area contributed by atoms with Gasteiger partial charge < -0.3 is 15.2 Å². The van der Waals surface area contributed by atoms with Gasteiger partial charge in [0.25, 0.3) is 0 Å². The third-order valence-corrected chi connectivity index (χ3v) is 3.06. The minimum atomic E-state index is -0.485. The zero-order valence-corrected chi connectivity index (χ0v) is 9.74. The summed E-state index contributed by atoms with van der Waals surface area (Å²) in [5, 5.41) is 0. The van der Waals surface area contributed by atoms with Crippen molar-refractivity contribution in [3.8, 4) is 0 Å². The lowest BCUT2D eigenvalue weighted by atomic mass is 9.98. The monoisotopic (exact) mass is 221 g/mol. The fourth-order valence-electron chi connectivity index (χ4n) is 2.15. The molecule has 1 saturated heterocycles. The highest BCUT2D eigenvalue weighted by Crippen LogP contribution is 2.28. The standard InChI is InChI=1S/C13H19NO2/c1-11-4-2-3-5-12(11)10-13(6-7-14)15-8-9-16-13/h2-5H,6-10,14H2,1H3. The summed E-state index contributed by atoms with van der Waals surface area (Å²) in [5.74, 6) is -0.485. The zero-order valence-electron chi connectivity index (χ0n) is 9.74. The Balaban J connectivity index is 2.14. The fraction of sp³-hybridized carbons (Fsp3) is 0.538. The topological polar surface area (TPSA) is 44.5 Å². The molecular formula is C13H19NO2. The van der Waals surface area contributed by atoms with Crippen LogP contribution in [0.3, 0.4) is 0 Å². The van der Waals surface area contributed by atoms with Crippen LogP contribution in [0.1, 0.15) is 17.5 Å². The molecule has 0 bridgehead atoms. The van der Waals surface area contributed by atoms with Crippen molar-refractivity contribution in [1.29, 1.82) is 0 Å². The van der Waals surface area contributed by atoms with Crippen LogP contribution in [-0.4, -0.2) is 25.5 Å². The molecule has 1 heterocycles. The molecule has 1 aliphatic rings. The number of ether oxygens (including phenoxy) is 2. The molecule has 0 saturated carbocycles. The van der Waals surface area contributed by atoms with E-state index in [4.69, 9.17) is 15.2 Å². The Bertz CT molecular complexity index is 346. The van der Waals surface area contributed by atoms with Crippen LogP contribution in [0.15, 0.2) is 24.3 Å². The number of hydrogen-bond acceptors (Lipinski definition) is 3. The maximum atomic E-state index is 5.74. The molecule has 0 aliphatic carbocycles. The Morgan fingerprint density at radius 1 is 1.25 bits per heavy atom. The van der Waals surface area contributed by atoms with E-state index in [1.165, 1.54) is 11.1 Å². The summed E-state index contributed by atoms with van der Waals surface area (Å²) >= 11 is 0. The molecule has 88 valence electrons. The summed E-state index contributed by atoms with van der Waals surface area (Å²) in [6, 6.07) is 8.33. The van der Waals surface area contributed by atoms with Crippen LogP contribution in [0.4, 0.5) is 0 Å². The smallest absolute Gasteiger partial charge is 0.173 e. The van der Waals surface area contributed by atoms with Crippen LogP contribution >= 0.6 is 0 Å². The second-order valence-corrected chi connectivity index (χ2v) is 4.25. The van der Waals surface area contributed by atoms with E-state index in [1.807, 2.05) is 12.1 Å². The van der Waals surface area contributed by atoms with Crippen LogP contribution in [0.5, 0.6) is 0 Å². The maximum absolute atomic E-state index is 5.74. The van der Waals surface area contributed by atoms with Gasteiger partial charge in [0.2, 0.25) is 0 Å². The Kier molecular flexibility index (Phi) is 3.59. The summed E-state index contributed by atoms with van der Waals surface area (Å²) in [7, 11) is 0. The quantitative estimate of drug-likeness (QED) is 0.840. The second-order valence-electron chi connectivity index (χ2n) is 4.25. The summed E-state index contributed by atoms with van der Waals surface area (Å²) in [6.07, 6.45) is 1.54. The normalized spacial score (nSPS) is 18.9. The Morgan fingerprint density at radius 2 is 1.94 bits per heavy atom. The highest BCUT2D eigenvalue weighted by Gasteiger charge is 2.36. The lowest BCUT2D eigenvalue weighted by Crippen LogP contribution is -2.35. The van der Waals surface area contributed by atoms with Gasteiger partial charge in [-0.2, -0.15) is 0 Å². The Morgan fingerprint density at radius 3 is 2.56 bits per heavy atom. The molecule has 0 spiro atoms. The van der Waals surface area contributed by atoms with E-state index in [9.17, 15) is 0 Å². The first-order chi connectivity index (χ1) is 7.76. The van der Waals surface area contributed by atoms with Gasteiger partial charge in [-0.05, 0) is 24.6 Å². The van der Waals surface area contributed by atoms with Gasteiger partial charge in [-0.15, -0.1) is 0 Å². The van der Waals surface area contributed by atoms with E-state index < -0.39 is 5.79 Å². The summed E-state index contributed by atoms with van der Waals surface area (Å²) in [5.41, 5.74) is 8.18. The molecule has 2 rings (SSSR count). The summed E-state index contributed by atoms with van der Waals surface area (Å²) in [6.45, 7) is 4.05. The lowest BCUT2D eigenvalue weighted by Gasteiger charge is -2.27. The van der Waals surface area contributed by atoms with Crippen molar-refractivity contribution in [2.45, 2.75) is 25.6 Å². The summed E-state index contributed by atoms with van der Waals surface area (Å²) in [4.78, 5) is 0. The van der Waals surface area contributed by atoms with Gasteiger partial charge >= 0.3 is 0 Å². The minimum absolute atomic E-state index is 0.485. The molecule has 0 amide bonds. The highest BCUT2D eigenvalue weighted by atomic mass is 16.7. The Labute approximate surface area is 96.5 Å². The van der Waals surface area contributed by atoms with E-state index in [-0.39, 0.29) is 0 Å². The number of hydrogen-bond donors (Lipinski definition) is 1. The van der Waals surface area contributed by atoms with E-state index in [0.29, 0.717) is 19.8 Å². The number of benzene rings is 1. The van der Waals surface area contributed by atoms with Gasteiger partial charge in [0.1, 0.15) is 0 Å². The predicted octanol–water partition coefficient (Wildman–Crippen LogP) is 1.63. The van der Waals surface area contributed by atoms with E-state index in [1.54, 1.807) is 0 Å². The molecule has 16 heavy (non-hydrogen) atoms. The van der Waals surface area contributed by atoms with Crippen LogP contribution in [-0.2, 0) is 15.9 Å². The zero-order chi connectivity index (χ0) is 11.4. The highest BCUT2D eigenvalue weighted by molar-refractivity contribution is 5.26. The van der Waals surface area contributed by atoms with Crippen LogP contribution in [0.2, 0.25) is 0 Å². The lowest BCUT2D eigenvalue weighted by molar-refractivity contribution is -0.159. The molecule has 3 nitrogen and oxygen atoms in total. The fourth-order valence-corrected chi connectivity index (χ4v) is 2.15. The second kappa shape index (κ2) is 4.95. The van der Waals surface area contributed by atoms with Crippen LogP contribution < -0.4 is 5.73 Å². The third kappa shape index (κ3) is 2.43. The third-order valence-electron chi connectivity index (χ3n) is 3.06. The van der Waals surface area contributed by atoms with Gasteiger partial charge in [-0.3, -0.25) is 0 Å². The van der Waals surface area contributed by atoms with E-state index >= 15 is 0 Å². The van der Waals surface area contributed by atoms with Crippen molar-refractivity contribution in [2.24, 2.45) is 5.73 Å². The van der Waals surface area contributed by atoms with Crippen molar-refractivity contribution in [1.82, 2.24) is 0 Å². The molecule has 1 aromatic carbocycles. The molecule has 2 N–H and O–H groups in total. The largest absolute Gasteiger partial charge is 0.347 e. The van der Waals surface area contributed by atoms with Crippen molar-refractivity contribution >= 4 is 0 Å². The summed E-state index contributed by atoms with van der Waals surface area (Å²) < 4.78 is 11.5. The first-order valence-corrected chi connectivity index (χ1v) is 5.78. The Hall–Kier alpha value is -0.900. The molecule has 3 heteroatoms. The van der Waals surface area contributed by atoms with E-state index in [2.05, 4.69) is 19.1 Å². The van der Waals surface area contributed by atoms with Crippen LogP contribution in [0.25, 0.3) is 0 Å². The van der Waals surface area contributed by atoms with Crippen molar-refractivity contribution in [3.05, 3.63) is 35.4 Å². The van der Waals surface area contributed by atoms with E-state index in [0.717, 1.165) is 12.8 Å². The molecular weight excluding hydrogens is 202 g/mol. The van der Waals surface area contributed by atoms with Crippen molar-refractivity contribution in [2.75, 3.05) is 19.8 Å². The maximum Gasteiger partial charge on any atom is 0.173 e. The molecule has 1 fully saturated rings. The van der Waals surface area contributed by atoms with Gasteiger partial charge in [0.05, 0.1) is 13.2 Å². The van der Waals surface area contributed by atoms with Gasteiger partial charge in [-0.1, -0.05) is 24.3 Å². The first-order valence-electron chi connectivity index (χ1n) is 5.78. The molecule has 0 atom stereocenters. The molecule has 1 aliphatic heterocycles. The average molecular weight is 221 g/mol. The molecule has 0 radical (unpaired) electrons. The number of nitrogens with two attached hydrogens (primary N) is 1. The molecule has 0 aromatic heterocycles. The number of rotatable bonds is 4. The molecule has 0 unspecified atom stereocenters. The van der Waals surface area contributed by atoms with Crippen molar-refractivity contribution in [3.63, 3.8) is 0 Å². The number of aryl methyl sites for hydroxylation is 1.